The van der Waals surface area contributed by atoms with E-state index in [0.717, 1.165) is 12.8 Å². The van der Waals surface area contributed by atoms with Crippen LogP contribution in [0, 0.1) is 0 Å². The number of rotatable bonds is 2. The molecule has 1 aromatic rings. The van der Waals surface area contributed by atoms with Crippen molar-refractivity contribution in [3.8, 4) is 11.5 Å². The molecule has 2 rings (SSSR count). The Hall–Kier alpha value is -1.75. The Morgan fingerprint density at radius 1 is 1.32 bits per heavy atom. The molecule has 19 heavy (non-hydrogen) atoms. The smallest absolute Gasteiger partial charge is 0.257 e. The number of phenolic OH excluding ortho intramolecular Hbond substituents is 2. The van der Waals surface area contributed by atoms with E-state index in [9.17, 15) is 15.0 Å². The highest BCUT2D eigenvalue weighted by Crippen LogP contribution is 2.27. The number of amides is 1. The Kier molecular flexibility index (Phi) is 3.66. The Bertz CT molecular complexity index is 480. The van der Waals surface area contributed by atoms with E-state index >= 15 is 0 Å². The van der Waals surface area contributed by atoms with E-state index < -0.39 is 0 Å². The first-order chi connectivity index (χ1) is 8.95. The quantitative estimate of drug-likeness (QED) is 0.753. The van der Waals surface area contributed by atoms with Crippen LogP contribution in [-0.4, -0.2) is 46.7 Å². The van der Waals surface area contributed by atoms with Crippen LogP contribution in [0.5, 0.6) is 11.5 Å². The molecule has 1 heterocycles. The second kappa shape index (κ2) is 5.09. The Balaban J connectivity index is 2.09. The fourth-order valence-electron chi connectivity index (χ4n) is 2.32. The first kappa shape index (κ1) is 13.7. The van der Waals surface area contributed by atoms with Gasteiger partial charge in [-0.15, -0.1) is 0 Å². The summed E-state index contributed by atoms with van der Waals surface area (Å²) in [6.07, 6.45) is 1.77. The number of nitrogens with one attached hydrogen (secondary N) is 1. The maximum Gasteiger partial charge on any atom is 0.257 e. The van der Waals surface area contributed by atoms with Gasteiger partial charge in [-0.05, 0) is 38.9 Å². The molecule has 0 aromatic heterocycles. The lowest BCUT2D eigenvalue weighted by molar-refractivity contribution is 0.0659. The Morgan fingerprint density at radius 3 is 2.47 bits per heavy atom. The van der Waals surface area contributed by atoms with E-state index in [4.69, 9.17) is 0 Å². The molecule has 1 aliphatic rings. The van der Waals surface area contributed by atoms with Crippen molar-refractivity contribution in [1.82, 2.24) is 10.2 Å². The van der Waals surface area contributed by atoms with E-state index in [1.54, 1.807) is 4.90 Å². The SMILES string of the molecule is CNC1(C)CCN(C(=O)c2ccc(O)cc2O)CC1. The van der Waals surface area contributed by atoms with Crippen molar-refractivity contribution in [3.05, 3.63) is 23.8 Å². The number of carbonyl (C=O) groups excluding carboxylic acids is 1. The topological polar surface area (TPSA) is 72.8 Å². The number of piperidine rings is 1. The molecule has 5 heteroatoms. The largest absolute Gasteiger partial charge is 0.508 e. The fourth-order valence-corrected chi connectivity index (χ4v) is 2.32. The highest BCUT2D eigenvalue weighted by molar-refractivity contribution is 5.97. The average Bonchev–Trinajstić information content (AvgIpc) is 2.39. The molecule has 1 aromatic carbocycles. The maximum atomic E-state index is 12.3. The van der Waals surface area contributed by atoms with Crippen LogP contribution < -0.4 is 5.32 Å². The zero-order chi connectivity index (χ0) is 14.0. The molecule has 1 amide bonds. The third kappa shape index (κ3) is 2.81. The minimum atomic E-state index is -0.185. The summed E-state index contributed by atoms with van der Waals surface area (Å²) < 4.78 is 0. The average molecular weight is 264 g/mol. The van der Waals surface area contributed by atoms with Crippen LogP contribution >= 0.6 is 0 Å². The summed E-state index contributed by atoms with van der Waals surface area (Å²) >= 11 is 0. The lowest BCUT2D eigenvalue weighted by atomic mass is 9.89. The van der Waals surface area contributed by atoms with Crippen LogP contribution in [-0.2, 0) is 0 Å². The van der Waals surface area contributed by atoms with Crippen LogP contribution in [0.25, 0.3) is 0 Å². The second-order valence-electron chi connectivity index (χ2n) is 5.30. The maximum absolute atomic E-state index is 12.3. The molecule has 0 radical (unpaired) electrons. The summed E-state index contributed by atoms with van der Waals surface area (Å²) in [5.41, 5.74) is 0.319. The van der Waals surface area contributed by atoms with Crippen LogP contribution in [0.2, 0.25) is 0 Å². The van der Waals surface area contributed by atoms with Crippen molar-refractivity contribution in [2.45, 2.75) is 25.3 Å². The van der Waals surface area contributed by atoms with Crippen molar-refractivity contribution in [3.63, 3.8) is 0 Å². The van der Waals surface area contributed by atoms with Gasteiger partial charge in [0.2, 0.25) is 0 Å². The van der Waals surface area contributed by atoms with E-state index in [1.807, 2.05) is 7.05 Å². The molecule has 0 saturated carbocycles. The molecule has 0 aliphatic carbocycles. The van der Waals surface area contributed by atoms with Gasteiger partial charge in [0.25, 0.3) is 5.91 Å². The van der Waals surface area contributed by atoms with Gasteiger partial charge < -0.3 is 20.4 Å². The summed E-state index contributed by atoms with van der Waals surface area (Å²) in [6, 6.07) is 4.06. The lowest BCUT2D eigenvalue weighted by Crippen LogP contribution is -2.51. The molecule has 0 unspecified atom stereocenters. The number of phenols is 2. The van der Waals surface area contributed by atoms with Gasteiger partial charge in [0, 0.05) is 24.7 Å². The molecule has 5 nitrogen and oxygen atoms in total. The molecule has 1 aliphatic heterocycles. The number of likely N-dealkylation sites (tertiary alicyclic amines) is 1. The summed E-state index contributed by atoms with van der Waals surface area (Å²) in [4.78, 5) is 14.0. The Morgan fingerprint density at radius 2 is 1.95 bits per heavy atom. The monoisotopic (exact) mass is 264 g/mol. The van der Waals surface area contributed by atoms with Crippen LogP contribution in [0.1, 0.15) is 30.1 Å². The number of aromatic hydroxyl groups is 2. The van der Waals surface area contributed by atoms with Crippen molar-refractivity contribution in [2.75, 3.05) is 20.1 Å². The molecule has 1 fully saturated rings. The van der Waals surface area contributed by atoms with Gasteiger partial charge in [-0.3, -0.25) is 4.79 Å². The van der Waals surface area contributed by atoms with Crippen molar-refractivity contribution in [2.24, 2.45) is 0 Å². The Labute approximate surface area is 112 Å². The molecule has 104 valence electrons. The molecule has 0 bridgehead atoms. The van der Waals surface area contributed by atoms with E-state index in [0.29, 0.717) is 13.1 Å². The lowest BCUT2D eigenvalue weighted by Gasteiger charge is -2.39. The van der Waals surface area contributed by atoms with Gasteiger partial charge in [-0.2, -0.15) is 0 Å². The van der Waals surface area contributed by atoms with Gasteiger partial charge in [-0.25, -0.2) is 0 Å². The summed E-state index contributed by atoms with van der Waals surface area (Å²) in [7, 11) is 1.93. The third-order valence-corrected chi connectivity index (χ3v) is 3.97. The minimum Gasteiger partial charge on any atom is -0.508 e. The standard InChI is InChI=1S/C14H20N2O3/c1-14(15-2)5-7-16(8-6-14)13(19)11-4-3-10(17)9-12(11)18/h3-4,9,15,17-18H,5-8H2,1-2H3. The molecular formula is C14H20N2O3. The molecule has 0 spiro atoms. The molecule has 3 N–H and O–H groups in total. The van der Waals surface area contributed by atoms with Gasteiger partial charge in [-0.1, -0.05) is 0 Å². The first-order valence-electron chi connectivity index (χ1n) is 6.45. The number of benzene rings is 1. The summed E-state index contributed by atoms with van der Waals surface area (Å²) in [5.74, 6) is -0.405. The van der Waals surface area contributed by atoms with Gasteiger partial charge >= 0.3 is 0 Å². The van der Waals surface area contributed by atoms with Crippen molar-refractivity contribution >= 4 is 5.91 Å². The van der Waals surface area contributed by atoms with E-state index in [1.165, 1.54) is 18.2 Å². The molecular weight excluding hydrogens is 244 g/mol. The zero-order valence-electron chi connectivity index (χ0n) is 11.3. The number of carbonyl (C=O) groups is 1. The zero-order valence-corrected chi connectivity index (χ0v) is 11.3. The molecule has 0 atom stereocenters. The predicted octanol–water partition coefficient (Wildman–Crippen LogP) is 1.31. The highest BCUT2D eigenvalue weighted by Gasteiger charge is 2.31. The van der Waals surface area contributed by atoms with Crippen LogP contribution in [0.3, 0.4) is 0 Å². The molecule has 1 saturated heterocycles. The van der Waals surface area contributed by atoms with Gasteiger partial charge in [0.15, 0.2) is 0 Å². The van der Waals surface area contributed by atoms with Crippen LogP contribution in [0.15, 0.2) is 18.2 Å². The van der Waals surface area contributed by atoms with Crippen molar-refractivity contribution in [1.29, 1.82) is 0 Å². The minimum absolute atomic E-state index is 0.0459. The highest BCUT2D eigenvalue weighted by atomic mass is 16.3. The van der Waals surface area contributed by atoms with Gasteiger partial charge in [0.1, 0.15) is 11.5 Å². The fraction of sp³-hybridized carbons (Fsp3) is 0.500. The predicted molar refractivity (Wildman–Crippen MR) is 72.4 cm³/mol. The number of hydrogen-bond donors (Lipinski definition) is 3. The third-order valence-electron chi connectivity index (χ3n) is 3.97. The first-order valence-corrected chi connectivity index (χ1v) is 6.45. The number of nitrogens with zero attached hydrogens (tertiary/aromatic N) is 1. The van der Waals surface area contributed by atoms with E-state index in [2.05, 4.69) is 12.2 Å². The number of hydrogen-bond acceptors (Lipinski definition) is 4. The van der Waals surface area contributed by atoms with E-state index in [-0.39, 0.29) is 28.5 Å². The van der Waals surface area contributed by atoms with Gasteiger partial charge in [0.05, 0.1) is 5.56 Å². The van der Waals surface area contributed by atoms with Crippen LogP contribution in [0.4, 0.5) is 0 Å². The van der Waals surface area contributed by atoms with Crippen molar-refractivity contribution < 1.29 is 15.0 Å². The summed E-state index contributed by atoms with van der Waals surface area (Å²) in [5, 5.41) is 22.2. The second-order valence-corrected chi connectivity index (χ2v) is 5.30. The summed E-state index contributed by atoms with van der Waals surface area (Å²) in [6.45, 7) is 3.47. The normalized spacial score (nSPS) is 18.3.